The zero-order valence-corrected chi connectivity index (χ0v) is 22.2. The van der Waals surface area contributed by atoms with Crippen molar-refractivity contribution in [3.05, 3.63) is 83.9 Å². The standard InChI is InChI=1S/C28H28N2O4S2/c1-17-25(31)29(27(35-17)19-5-13-23(33-3)14-6-19)21-9-11-22(12-10-21)30-26(32)18(2)36-28(30)20-7-15-24(34-4)16-8-20/h5-18,27-28H,1-4H3. The molecule has 0 spiro atoms. The molecule has 0 aliphatic carbocycles. The molecule has 2 amide bonds. The van der Waals surface area contributed by atoms with E-state index in [9.17, 15) is 9.59 Å². The van der Waals surface area contributed by atoms with E-state index >= 15 is 0 Å². The van der Waals surface area contributed by atoms with Gasteiger partial charge < -0.3 is 9.47 Å². The van der Waals surface area contributed by atoms with Crippen LogP contribution in [0, 0.1) is 0 Å². The minimum Gasteiger partial charge on any atom is -0.497 e. The van der Waals surface area contributed by atoms with Gasteiger partial charge in [-0.2, -0.15) is 0 Å². The van der Waals surface area contributed by atoms with Crippen molar-refractivity contribution < 1.29 is 19.1 Å². The van der Waals surface area contributed by atoms with Crippen LogP contribution in [0.5, 0.6) is 11.5 Å². The second kappa shape index (κ2) is 10.1. The fraction of sp³-hybridized carbons (Fsp3) is 0.286. The summed E-state index contributed by atoms with van der Waals surface area (Å²) in [5.74, 6) is 1.72. The Labute approximate surface area is 219 Å². The highest BCUT2D eigenvalue weighted by molar-refractivity contribution is 8.01. The third kappa shape index (κ3) is 4.44. The van der Waals surface area contributed by atoms with Gasteiger partial charge in [0.05, 0.1) is 24.7 Å². The Balaban J connectivity index is 1.44. The third-order valence-corrected chi connectivity index (χ3v) is 9.21. The van der Waals surface area contributed by atoms with Gasteiger partial charge in [0.25, 0.3) is 0 Å². The number of rotatable bonds is 6. The minimum absolute atomic E-state index is 0.0751. The van der Waals surface area contributed by atoms with E-state index in [0.717, 1.165) is 34.0 Å². The first kappa shape index (κ1) is 24.6. The molecule has 2 aliphatic rings. The summed E-state index contributed by atoms with van der Waals surface area (Å²) in [7, 11) is 3.28. The van der Waals surface area contributed by atoms with Crippen LogP contribution in [0.3, 0.4) is 0 Å². The number of methoxy groups -OCH3 is 2. The molecule has 3 aromatic rings. The highest BCUT2D eigenvalue weighted by Gasteiger charge is 2.41. The smallest absolute Gasteiger partial charge is 0.241 e. The molecule has 6 nitrogen and oxygen atoms in total. The Morgan fingerprint density at radius 2 is 0.917 bits per heavy atom. The van der Waals surface area contributed by atoms with Gasteiger partial charge in [-0.3, -0.25) is 19.4 Å². The molecule has 186 valence electrons. The van der Waals surface area contributed by atoms with Crippen LogP contribution in [0.2, 0.25) is 0 Å². The zero-order chi connectivity index (χ0) is 25.4. The fourth-order valence-electron chi connectivity index (χ4n) is 4.54. The predicted octanol–water partition coefficient (Wildman–Crippen LogP) is 6.04. The molecule has 2 fully saturated rings. The Hall–Kier alpha value is -3.10. The molecule has 2 aliphatic heterocycles. The first-order valence-electron chi connectivity index (χ1n) is 11.8. The molecule has 36 heavy (non-hydrogen) atoms. The van der Waals surface area contributed by atoms with Crippen molar-refractivity contribution in [2.24, 2.45) is 0 Å². The molecule has 0 aromatic heterocycles. The van der Waals surface area contributed by atoms with E-state index in [-0.39, 0.29) is 33.1 Å². The first-order valence-corrected chi connectivity index (χ1v) is 13.6. The number of hydrogen-bond acceptors (Lipinski definition) is 6. The Bertz CT molecular complexity index is 1150. The van der Waals surface area contributed by atoms with Gasteiger partial charge in [0.1, 0.15) is 22.2 Å². The van der Waals surface area contributed by atoms with Gasteiger partial charge in [0.15, 0.2) is 0 Å². The number of ether oxygens (including phenoxy) is 2. The molecular formula is C28H28N2O4S2. The van der Waals surface area contributed by atoms with Gasteiger partial charge in [0, 0.05) is 11.4 Å². The molecule has 0 N–H and O–H groups in total. The van der Waals surface area contributed by atoms with Crippen LogP contribution in [0.4, 0.5) is 11.4 Å². The van der Waals surface area contributed by atoms with Crippen molar-refractivity contribution in [1.29, 1.82) is 0 Å². The summed E-state index contributed by atoms with van der Waals surface area (Å²) in [6.45, 7) is 3.89. The van der Waals surface area contributed by atoms with Crippen LogP contribution in [-0.4, -0.2) is 36.5 Å². The summed E-state index contributed by atoms with van der Waals surface area (Å²) in [6, 6.07) is 23.4. The Morgan fingerprint density at radius 3 is 1.22 bits per heavy atom. The molecular weight excluding hydrogens is 492 g/mol. The highest BCUT2D eigenvalue weighted by Crippen LogP contribution is 2.48. The predicted molar refractivity (Wildman–Crippen MR) is 147 cm³/mol. The molecule has 4 unspecified atom stereocenters. The van der Waals surface area contributed by atoms with E-state index < -0.39 is 0 Å². The van der Waals surface area contributed by atoms with Crippen molar-refractivity contribution in [2.75, 3.05) is 24.0 Å². The van der Waals surface area contributed by atoms with E-state index in [1.807, 2.05) is 96.4 Å². The maximum Gasteiger partial charge on any atom is 0.241 e. The van der Waals surface area contributed by atoms with Crippen LogP contribution in [0.25, 0.3) is 0 Å². The van der Waals surface area contributed by atoms with Crippen molar-refractivity contribution in [3.63, 3.8) is 0 Å². The maximum atomic E-state index is 13.1. The van der Waals surface area contributed by atoms with Gasteiger partial charge in [-0.25, -0.2) is 0 Å². The molecule has 0 saturated carbocycles. The summed E-state index contributed by atoms with van der Waals surface area (Å²) in [5, 5.41) is -0.539. The summed E-state index contributed by atoms with van der Waals surface area (Å²) in [4.78, 5) is 30.0. The van der Waals surface area contributed by atoms with E-state index in [4.69, 9.17) is 9.47 Å². The third-order valence-electron chi connectivity index (χ3n) is 6.51. The lowest BCUT2D eigenvalue weighted by Crippen LogP contribution is -2.31. The van der Waals surface area contributed by atoms with Crippen LogP contribution in [0.15, 0.2) is 72.8 Å². The van der Waals surface area contributed by atoms with Gasteiger partial charge in [-0.1, -0.05) is 24.3 Å². The van der Waals surface area contributed by atoms with Crippen molar-refractivity contribution in [2.45, 2.75) is 35.1 Å². The monoisotopic (exact) mass is 520 g/mol. The van der Waals surface area contributed by atoms with Crippen LogP contribution in [0.1, 0.15) is 35.7 Å². The lowest BCUT2D eigenvalue weighted by atomic mass is 10.1. The lowest BCUT2D eigenvalue weighted by molar-refractivity contribution is -0.118. The van der Waals surface area contributed by atoms with Gasteiger partial charge >= 0.3 is 0 Å². The largest absolute Gasteiger partial charge is 0.497 e. The van der Waals surface area contributed by atoms with Gasteiger partial charge in [-0.15, -0.1) is 23.5 Å². The van der Waals surface area contributed by atoms with Crippen LogP contribution >= 0.6 is 23.5 Å². The second-order valence-corrected chi connectivity index (χ2v) is 11.6. The molecule has 2 heterocycles. The number of thioether (sulfide) groups is 2. The number of carbonyl (C=O) groups is 2. The molecule has 3 aromatic carbocycles. The SMILES string of the molecule is COc1ccc(C2SC(C)C(=O)N2c2ccc(N3C(=O)C(C)SC3c3ccc(OC)cc3)cc2)cc1. The first-order chi connectivity index (χ1) is 17.4. The van der Waals surface area contributed by atoms with Gasteiger partial charge in [0.2, 0.25) is 11.8 Å². The topological polar surface area (TPSA) is 59.1 Å². The molecule has 2 saturated heterocycles. The van der Waals surface area contributed by atoms with Crippen LogP contribution < -0.4 is 19.3 Å². The number of amides is 2. The fourth-order valence-corrected chi connectivity index (χ4v) is 7.10. The molecule has 4 atom stereocenters. The average molecular weight is 521 g/mol. The maximum absolute atomic E-state index is 13.1. The van der Waals surface area contributed by atoms with Crippen LogP contribution in [-0.2, 0) is 9.59 Å². The van der Waals surface area contributed by atoms with Crippen molar-refractivity contribution in [3.8, 4) is 11.5 Å². The summed E-state index contributed by atoms with van der Waals surface area (Å²) in [6.07, 6.45) is 0. The lowest BCUT2D eigenvalue weighted by Gasteiger charge is -2.27. The van der Waals surface area contributed by atoms with E-state index in [2.05, 4.69) is 0 Å². The number of benzene rings is 3. The summed E-state index contributed by atoms with van der Waals surface area (Å²) >= 11 is 3.26. The Morgan fingerprint density at radius 1 is 0.583 bits per heavy atom. The summed E-state index contributed by atoms with van der Waals surface area (Å²) < 4.78 is 10.6. The zero-order valence-electron chi connectivity index (χ0n) is 20.6. The quantitative estimate of drug-likeness (QED) is 0.395. The van der Waals surface area contributed by atoms with E-state index in [1.54, 1.807) is 37.7 Å². The average Bonchev–Trinajstić information content (AvgIpc) is 3.38. The normalized spacial score (nSPS) is 23.9. The number of carbonyl (C=O) groups excluding carboxylic acids is 2. The molecule has 0 radical (unpaired) electrons. The molecule has 0 bridgehead atoms. The van der Waals surface area contributed by atoms with E-state index in [1.165, 1.54) is 0 Å². The number of hydrogen-bond donors (Lipinski definition) is 0. The summed E-state index contributed by atoms with van der Waals surface area (Å²) in [5.41, 5.74) is 3.72. The number of nitrogens with zero attached hydrogens (tertiary/aromatic N) is 2. The molecule has 8 heteroatoms. The van der Waals surface area contributed by atoms with Crippen molar-refractivity contribution in [1.82, 2.24) is 0 Å². The highest BCUT2D eigenvalue weighted by atomic mass is 32.2. The minimum atomic E-state index is -0.145. The van der Waals surface area contributed by atoms with E-state index in [0.29, 0.717) is 0 Å². The van der Waals surface area contributed by atoms with Crippen molar-refractivity contribution >= 4 is 46.7 Å². The molecule has 5 rings (SSSR count). The second-order valence-electron chi connectivity index (χ2n) is 8.74. The Kier molecular flexibility index (Phi) is 6.90. The number of anilines is 2. The van der Waals surface area contributed by atoms with Gasteiger partial charge in [-0.05, 0) is 73.5 Å².